The van der Waals surface area contributed by atoms with Gasteiger partial charge in [0.2, 0.25) is 0 Å². The zero-order chi connectivity index (χ0) is 12.3. The van der Waals surface area contributed by atoms with Crippen molar-refractivity contribution >= 4 is 0 Å². The number of oxazole rings is 1. The predicted molar refractivity (Wildman–Crippen MR) is 63.2 cm³/mol. The smallest absolute Gasteiger partial charge is 0.198 e. The summed E-state index contributed by atoms with van der Waals surface area (Å²) in [7, 11) is 0. The highest BCUT2D eigenvalue weighted by Gasteiger charge is 2.10. The fourth-order valence-electron chi connectivity index (χ4n) is 1.53. The number of nitrogens with zero attached hydrogens (tertiary/aromatic N) is 1. The van der Waals surface area contributed by atoms with E-state index in [0.717, 1.165) is 11.3 Å². The highest BCUT2D eigenvalue weighted by molar-refractivity contribution is 5.19. The molecule has 0 aliphatic carbocycles. The summed E-state index contributed by atoms with van der Waals surface area (Å²) in [6, 6.07) is 6.32. The summed E-state index contributed by atoms with van der Waals surface area (Å²) in [4.78, 5) is 4.19. The van der Waals surface area contributed by atoms with Crippen LogP contribution in [0.25, 0.3) is 0 Å². The lowest BCUT2D eigenvalue weighted by Gasteiger charge is -2.02. The molecule has 0 bridgehead atoms. The van der Waals surface area contributed by atoms with Crippen molar-refractivity contribution in [3.05, 3.63) is 53.5 Å². The number of hydrogen-bond acceptors (Lipinski definition) is 3. The lowest BCUT2D eigenvalue weighted by atomic mass is 10.1. The first-order chi connectivity index (χ1) is 8.19. The summed E-state index contributed by atoms with van der Waals surface area (Å²) in [6.07, 6.45) is 2.27. The van der Waals surface area contributed by atoms with Gasteiger partial charge in [0.1, 0.15) is 11.6 Å². The minimum absolute atomic E-state index is 0.171. The average Bonchev–Trinajstić information content (AvgIpc) is 2.80. The van der Waals surface area contributed by atoms with Gasteiger partial charge in [-0.25, -0.2) is 9.37 Å². The fraction of sp³-hybridized carbons (Fsp3) is 0.308. The normalized spacial score (nSPS) is 12.6. The third-order valence-corrected chi connectivity index (χ3v) is 2.68. The van der Waals surface area contributed by atoms with Gasteiger partial charge in [-0.2, -0.15) is 0 Å². The van der Waals surface area contributed by atoms with Gasteiger partial charge in [-0.3, -0.25) is 0 Å². The van der Waals surface area contributed by atoms with E-state index >= 15 is 0 Å². The molecule has 90 valence electrons. The van der Waals surface area contributed by atoms with E-state index < -0.39 is 0 Å². The summed E-state index contributed by atoms with van der Waals surface area (Å²) in [6.45, 7) is 2.52. The molecule has 1 aromatic heterocycles. The second-order valence-corrected chi connectivity index (χ2v) is 4.10. The van der Waals surface area contributed by atoms with Crippen molar-refractivity contribution in [1.29, 1.82) is 0 Å². The minimum atomic E-state index is -0.237. The molecule has 1 heterocycles. The van der Waals surface area contributed by atoms with Crippen LogP contribution in [0.5, 0.6) is 0 Å². The van der Waals surface area contributed by atoms with E-state index in [1.165, 1.54) is 12.1 Å². The maximum Gasteiger partial charge on any atom is 0.198 e. The number of halogens is 1. The maximum atomic E-state index is 12.7. The first-order valence-corrected chi connectivity index (χ1v) is 5.58. The van der Waals surface area contributed by atoms with Gasteiger partial charge in [-0.15, -0.1) is 0 Å². The average molecular weight is 234 g/mol. The van der Waals surface area contributed by atoms with Gasteiger partial charge in [0.25, 0.3) is 0 Å². The Morgan fingerprint density at radius 1 is 1.35 bits per heavy atom. The first-order valence-electron chi connectivity index (χ1n) is 5.58. The van der Waals surface area contributed by atoms with Gasteiger partial charge in [0.05, 0.1) is 6.20 Å². The Kier molecular flexibility index (Phi) is 3.54. The molecule has 2 N–H and O–H groups in total. The van der Waals surface area contributed by atoms with E-state index in [4.69, 9.17) is 10.2 Å². The second kappa shape index (κ2) is 5.10. The van der Waals surface area contributed by atoms with Gasteiger partial charge < -0.3 is 10.2 Å². The summed E-state index contributed by atoms with van der Waals surface area (Å²) in [5.41, 5.74) is 6.53. The number of benzene rings is 1. The van der Waals surface area contributed by atoms with Crippen molar-refractivity contribution in [2.45, 2.75) is 19.3 Å². The summed E-state index contributed by atoms with van der Waals surface area (Å²) in [5, 5.41) is 0. The summed E-state index contributed by atoms with van der Waals surface area (Å²) >= 11 is 0. The molecule has 0 spiro atoms. The Labute approximate surface area is 99.5 Å². The molecule has 0 aliphatic heterocycles. The van der Waals surface area contributed by atoms with E-state index in [1.54, 1.807) is 18.3 Å². The molecule has 0 aliphatic rings. The Balaban J connectivity index is 2.08. The van der Waals surface area contributed by atoms with Crippen LogP contribution in [0.1, 0.15) is 30.1 Å². The first kappa shape index (κ1) is 11.8. The van der Waals surface area contributed by atoms with E-state index in [-0.39, 0.29) is 11.7 Å². The molecule has 1 aromatic carbocycles. The lowest BCUT2D eigenvalue weighted by Crippen LogP contribution is -2.07. The number of nitrogens with two attached hydrogens (primary N) is 1. The van der Waals surface area contributed by atoms with Crippen LogP contribution in [-0.4, -0.2) is 11.5 Å². The van der Waals surface area contributed by atoms with E-state index in [1.807, 2.05) is 6.92 Å². The van der Waals surface area contributed by atoms with Crippen molar-refractivity contribution < 1.29 is 8.81 Å². The minimum Gasteiger partial charge on any atom is -0.445 e. The highest BCUT2D eigenvalue weighted by atomic mass is 19.1. The van der Waals surface area contributed by atoms with E-state index in [2.05, 4.69) is 4.98 Å². The van der Waals surface area contributed by atoms with Gasteiger partial charge in [0.15, 0.2) is 5.89 Å². The molecule has 0 amide bonds. The van der Waals surface area contributed by atoms with Gasteiger partial charge in [-0.05, 0) is 17.7 Å². The largest absolute Gasteiger partial charge is 0.445 e. The van der Waals surface area contributed by atoms with Crippen molar-refractivity contribution in [3.8, 4) is 0 Å². The molecular weight excluding hydrogens is 219 g/mol. The van der Waals surface area contributed by atoms with Crippen LogP contribution in [0.2, 0.25) is 0 Å². The van der Waals surface area contributed by atoms with Gasteiger partial charge in [0, 0.05) is 18.9 Å². The SMILES string of the molecule is CC(CN)c1cnc(Cc2ccc(F)cc2)o1. The zero-order valence-corrected chi connectivity index (χ0v) is 9.69. The molecule has 0 radical (unpaired) electrons. The topological polar surface area (TPSA) is 52.0 Å². The molecule has 2 rings (SSSR count). The molecular formula is C13H15FN2O. The van der Waals surface area contributed by atoms with Crippen LogP contribution in [0.4, 0.5) is 4.39 Å². The summed E-state index contributed by atoms with van der Waals surface area (Å²) < 4.78 is 18.3. The highest BCUT2D eigenvalue weighted by Crippen LogP contribution is 2.17. The van der Waals surface area contributed by atoms with Crippen LogP contribution in [0.15, 0.2) is 34.9 Å². The number of hydrogen-bond donors (Lipinski definition) is 1. The number of rotatable bonds is 4. The molecule has 0 saturated carbocycles. The van der Waals surface area contributed by atoms with Gasteiger partial charge >= 0.3 is 0 Å². The number of aromatic nitrogens is 1. The van der Waals surface area contributed by atoms with Crippen LogP contribution < -0.4 is 5.73 Å². The zero-order valence-electron chi connectivity index (χ0n) is 9.69. The van der Waals surface area contributed by atoms with Gasteiger partial charge in [-0.1, -0.05) is 19.1 Å². The predicted octanol–water partition coefficient (Wildman–Crippen LogP) is 2.47. The molecule has 17 heavy (non-hydrogen) atoms. The maximum absolute atomic E-state index is 12.7. The molecule has 0 fully saturated rings. The van der Waals surface area contributed by atoms with Crippen molar-refractivity contribution in [2.75, 3.05) is 6.54 Å². The lowest BCUT2D eigenvalue weighted by molar-refractivity contribution is 0.440. The third kappa shape index (κ3) is 2.91. The third-order valence-electron chi connectivity index (χ3n) is 2.68. The summed E-state index contributed by atoms with van der Waals surface area (Å²) in [5.74, 6) is 1.36. The Hall–Kier alpha value is -1.68. The van der Waals surface area contributed by atoms with Crippen LogP contribution in [0.3, 0.4) is 0 Å². The Morgan fingerprint density at radius 3 is 2.71 bits per heavy atom. The molecule has 4 heteroatoms. The van der Waals surface area contributed by atoms with Crippen LogP contribution in [-0.2, 0) is 6.42 Å². The van der Waals surface area contributed by atoms with Crippen molar-refractivity contribution in [3.63, 3.8) is 0 Å². The standard InChI is InChI=1S/C13H15FN2O/c1-9(7-15)12-8-16-13(17-12)6-10-2-4-11(14)5-3-10/h2-5,8-9H,6-7,15H2,1H3. The van der Waals surface area contributed by atoms with E-state index in [9.17, 15) is 4.39 Å². The molecule has 1 atom stereocenters. The molecule has 1 unspecified atom stereocenters. The van der Waals surface area contributed by atoms with Crippen molar-refractivity contribution in [1.82, 2.24) is 4.98 Å². The second-order valence-electron chi connectivity index (χ2n) is 4.10. The molecule has 2 aromatic rings. The van der Waals surface area contributed by atoms with E-state index in [0.29, 0.717) is 18.9 Å². The Morgan fingerprint density at radius 2 is 2.06 bits per heavy atom. The molecule has 3 nitrogen and oxygen atoms in total. The van der Waals surface area contributed by atoms with Crippen molar-refractivity contribution in [2.24, 2.45) is 5.73 Å². The quantitative estimate of drug-likeness (QED) is 0.884. The Bertz CT molecular complexity index is 478. The fourth-order valence-corrected chi connectivity index (χ4v) is 1.53. The monoisotopic (exact) mass is 234 g/mol. The van der Waals surface area contributed by atoms with Crippen LogP contribution >= 0.6 is 0 Å². The molecule has 0 saturated heterocycles. The van der Waals surface area contributed by atoms with Crippen LogP contribution in [0, 0.1) is 5.82 Å².